The second-order valence-electron chi connectivity index (χ2n) is 4.32. The van der Waals surface area contributed by atoms with Gasteiger partial charge in [-0.15, -0.1) is 0 Å². The highest BCUT2D eigenvalue weighted by atomic mass is 16.3. The van der Waals surface area contributed by atoms with Crippen LogP contribution in [-0.4, -0.2) is 30.0 Å². The van der Waals surface area contributed by atoms with Crippen LogP contribution in [0.4, 0.5) is 5.82 Å². The molecular weight excluding hydrogens is 256 g/mol. The first-order valence-electron chi connectivity index (χ1n) is 6.23. The number of hydrogen-bond acceptors (Lipinski definition) is 6. The maximum atomic E-state index is 9.24. The van der Waals surface area contributed by atoms with Crippen LogP contribution in [-0.2, 0) is 13.2 Å². The Bertz CT molecular complexity index is 739. The van der Waals surface area contributed by atoms with E-state index in [0.29, 0.717) is 23.8 Å². The summed E-state index contributed by atoms with van der Waals surface area (Å²) in [4.78, 5) is 20.1. The highest BCUT2D eigenvalue weighted by Gasteiger charge is 2.08. The minimum Gasteiger partial charge on any atom is -0.390 e. The molecule has 3 heterocycles. The molecule has 3 aromatic rings. The summed E-state index contributed by atoms with van der Waals surface area (Å²) in [6, 6.07) is 1.92. The molecule has 0 bridgehead atoms. The molecule has 0 unspecified atom stereocenters. The topological polar surface area (TPSA) is 99.6 Å². The van der Waals surface area contributed by atoms with E-state index in [1.807, 2.05) is 19.2 Å². The van der Waals surface area contributed by atoms with Crippen molar-refractivity contribution in [2.75, 3.05) is 5.32 Å². The first-order valence-corrected chi connectivity index (χ1v) is 6.23. The van der Waals surface area contributed by atoms with E-state index in [-0.39, 0.29) is 6.61 Å². The van der Waals surface area contributed by atoms with E-state index in [1.165, 1.54) is 0 Å². The Labute approximate surface area is 115 Å². The normalized spacial score (nSPS) is 10.9. The van der Waals surface area contributed by atoms with Crippen LogP contribution in [0.5, 0.6) is 0 Å². The molecule has 0 aliphatic heterocycles. The van der Waals surface area contributed by atoms with Crippen LogP contribution in [0.25, 0.3) is 11.0 Å². The van der Waals surface area contributed by atoms with Crippen LogP contribution in [0.2, 0.25) is 0 Å². The molecule has 3 N–H and O–H groups in total. The summed E-state index contributed by atoms with van der Waals surface area (Å²) in [5, 5.41) is 13.4. The number of aliphatic hydroxyl groups excluding tert-OH is 1. The fraction of sp³-hybridized carbons (Fsp3) is 0.231. The lowest BCUT2D eigenvalue weighted by Gasteiger charge is -2.09. The van der Waals surface area contributed by atoms with E-state index < -0.39 is 0 Å². The number of aliphatic hydroxyl groups is 1. The van der Waals surface area contributed by atoms with Crippen molar-refractivity contribution in [1.82, 2.24) is 24.9 Å². The second-order valence-corrected chi connectivity index (χ2v) is 4.32. The minimum atomic E-state index is -0.132. The van der Waals surface area contributed by atoms with E-state index in [2.05, 4.69) is 30.2 Å². The number of fused-ring (bicyclic) bond motifs is 1. The van der Waals surface area contributed by atoms with Crippen molar-refractivity contribution in [2.24, 2.45) is 0 Å². The lowest BCUT2D eigenvalue weighted by molar-refractivity contribution is 0.275. The Hall–Kier alpha value is -2.54. The summed E-state index contributed by atoms with van der Waals surface area (Å²) >= 11 is 0. The zero-order valence-electron chi connectivity index (χ0n) is 11.0. The quantitative estimate of drug-likeness (QED) is 0.658. The van der Waals surface area contributed by atoms with Gasteiger partial charge in [-0.3, -0.25) is 9.97 Å². The molecule has 0 atom stereocenters. The van der Waals surface area contributed by atoms with Gasteiger partial charge in [-0.2, -0.15) is 0 Å². The highest BCUT2D eigenvalue weighted by Crippen LogP contribution is 2.19. The number of aromatic amines is 1. The molecule has 0 spiro atoms. The van der Waals surface area contributed by atoms with Crippen molar-refractivity contribution >= 4 is 16.9 Å². The smallest absolute Gasteiger partial charge is 0.143 e. The number of nitrogens with one attached hydrogen (secondary N) is 2. The van der Waals surface area contributed by atoms with Gasteiger partial charge in [0, 0.05) is 18.6 Å². The molecule has 0 saturated carbocycles. The molecule has 0 amide bonds. The van der Waals surface area contributed by atoms with E-state index in [4.69, 9.17) is 0 Å². The molecular formula is C13H14N6O. The number of hydrogen-bond donors (Lipinski definition) is 3. The van der Waals surface area contributed by atoms with Gasteiger partial charge in [0.2, 0.25) is 0 Å². The minimum absolute atomic E-state index is 0.132. The van der Waals surface area contributed by atoms with Gasteiger partial charge in [0.15, 0.2) is 0 Å². The van der Waals surface area contributed by atoms with E-state index in [0.717, 1.165) is 16.9 Å². The van der Waals surface area contributed by atoms with Crippen molar-refractivity contribution in [3.05, 3.63) is 41.9 Å². The Balaban J connectivity index is 1.88. The summed E-state index contributed by atoms with van der Waals surface area (Å²) in [6.07, 6.45) is 4.99. The monoisotopic (exact) mass is 270 g/mol. The Kier molecular flexibility index (Phi) is 3.26. The Morgan fingerprint density at radius 3 is 2.80 bits per heavy atom. The van der Waals surface area contributed by atoms with Crippen LogP contribution >= 0.6 is 0 Å². The predicted octanol–water partition coefficient (Wildman–Crippen LogP) is 1.16. The predicted molar refractivity (Wildman–Crippen MR) is 73.9 cm³/mol. The van der Waals surface area contributed by atoms with Gasteiger partial charge >= 0.3 is 0 Å². The summed E-state index contributed by atoms with van der Waals surface area (Å²) in [6.45, 7) is 2.15. The molecule has 3 rings (SSSR count). The van der Waals surface area contributed by atoms with Gasteiger partial charge in [0.25, 0.3) is 0 Å². The van der Waals surface area contributed by atoms with E-state index in [9.17, 15) is 5.11 Å². The van der Waals surface area contributed by atoms with Gasteiger partial charge in [0.05, 0.1) is 29.9 Å². The lowest BCUT2D eigenvalue weighted by atomic mass is 10.3. The summed E-state index contributed by atoms with van der Waals surface area (Å²) in [7, 11) is 0. The average molecular weight is 270 g/mol. The second kappa shape index (κ2) is 5.22. The van der Waals surface area contributed by atoms with Crippen molar-refractivity contribution in [3.63, 3.8) is 0 Å². The largest absolute Gasteiger partial charge is 0.390 e. The SMILES string of the molecule is Cc1nc(NCc2nccnc2CO)c2cc[nH]c2n1. The van der Waals surface area contributed by atoms with Crippen molar-refractivity contribution in [2.45, 2.75) is 20.1 Å². The zero-order valence-corrected chi connectivity index (χ0v) is 11.0. The fourth-order valence-electron chi connectivity index (χ4n) is 2.03. The molecule has 7 heteroatoms. The maximum Gasteiger partial charge on any atom is 0.143 e. The highest BCUT2D eigenvalue weighted by molar-refractivity contribution is 5.86. The number of rotatable bonds is 4. The molecule has 20 heavy (non-hydrogen) atoms. The van der Waals surface area contributed by atoms with Gasteiger partial charge < -0.3 is 15.4 Å². The molecule has 102 valence electrons. The molecule has 0 radical (unpaired) electrons. The molecule has 0 aromatic carbocycles. The first kappa shape index (κ1) is 12.5. The third kappa shape index (κ3) is 2.30. The van der Waals surface area contributed by atoms with Crippen molar-refractivity contribution < 1.29 is 5.11 Å². The third-order valence-corrected chi connectivity index (χ3v) is 2.96. The molecule has 7 nitrogen and oxygen atoms in total. The number of aromatic nitrogens is 5. The molecule has 0 fully saturated rings. The number of aryl methyl sites for hydroxylation is 1. The molecule has 3 aromatic heterocycles. The third-order valence-electron chi connectivity index (χ3n) is 2.96. The van der Waals surface area contributed by atoms with Gasteiger partial charge in [-0.05, 0) is 13.0 Å². The van der Waals surface area contributed by atoms with Crippen LogP contribution < -0.4 is 5.32 Å². The summed E-state index contributed by atoms with van der Waals surface area (Å²) in [5.74, 6) is 1.42. The van der Waals surface area contributed by atoms with Gasteiger partial charge in [0.1, 0.15) is 17.3 Å². The van der Waals surface area contributed by atoms with Gasteiger partial charge in [-0.1, -0.05) is 0 Å². The van der Waals surface area contributed by atoms with E-state index >= 15 is 0 Å². The zero-order chi connectivity index (χ0) is 13.9. The number of anilines is 1. The van der Waals surface area contributed by atoms with Crippen LogP contribution in [0, 0.1) is 6.92 Å². The number of H-pyrrole nitrogens is 1. The number of nitrogens with zero attached hydrogens (tertiary/aromatic N) is 4. The molecule has 0 aliphatic carbocycles. The standard InChI is InChI=1S/C13H14N6O/c1-8-18-12-9(2-3-16-12)13(19-8)17-6-10-11(7-20)15-5-4-14-10/h2-5,20H,6-7H2,1H3,(H2,16,17,18,19). The van der Waals surface area contributed by atoms with Crippen LogP contribution in [0.1, 0.15) is 17.2 Å². The van der Waals surface area contributed by atoms with Crippen LogP contribution in [0.15, 0.2) is 24.7 Å². The van der Waals surface area contributed by atoms with E-state index in [1.54, 1.807) is 12.4 Å². The Morgan fingerprint density at radius 2 is 2.00 bits per heavy atom. The Morgan fingerprint density at radius 1 is 1.20 bits per heavy atom. The summed E-state index contributed by atoms with van der Waals surface area (Å²) < 4.78 is 0. The fourth-order valence-corrected chi connectivity index (χ4v) is 2.03. The van der Waals surface area contributed by atoms with Gasteiger partial charge in [-0.25, -0.2) is 9.97 Å². The molecule has 0 saturated heterocycles. The lowest BCUT2D eigenvalue weighted by Crippen LogP contribution is -2.09. The average Bonchev–Trinajstić information content (AvgIpc) is 2.93. The van der Waals surface area contributed by atoms with Crippen molar-refractivity contribution in [3.8, 4) is 0 Å². The van der Waals surface area contributed by atoms with Crippen LogP contribution in [0.3, 0.4) is 0 Å². The first-order chi connectivity index (χ1) is 9.78. The summed E-state index contributed by atoms with van der Waals surface area (Å²) in [5.41, 5.74) is 2.06. The maximum absolute atomic E-state index is 9.24. The van der Waals surface area contributed by atoms with Crippen molar-refractivity contribution in [1.29, 1.82) is 0 Å². The molecule has 0 aliphatic rings.